The van der Waals surface area contributed by atoms with Crippen molar-refractivity contribution in [1.82, 2.24) is 0 Å². The van der Waals surface area contributed by atoms with Crippen LogP contribution in [0, 0.1) is 28.6 Å². The molecular weight excluding hydrogens is 300 g/mol. The fourth-order valence-corrected chi connectivity index (χ4v) is 7.30. The molecule has 0 aromatic carbocycles. The molecule has 0 spiro atoms. The molecule has 0 aliphatic heterocycles. The first-order chi connectivity index (χ1) is 11.2. The van der Waals surface area contributed by atoms with Crippen LogP contribution in [-0.4, -0.2) is 27.7 Å². The van der Waals surface area contributed by atoms with Crippen molar-refractivity contribution in [1.29, 1.82) is 0 Å². The standard InChI is InChI=1S/C21H32O3/c1-13(22)21(24)11-8-18-16-5-4-14-12-15(23)6-9-19(14,2)17(16)7-10-20(18,21)3/h12-13,16-18,22,24H,4-11H2,1-3H3/t13-,16+,17-,18-,19-,20-,21+/m0/s1. The zero-order valence-electron chi connectivity index (χ0n) is 15.3. The van der Waals surface area contributed by atoms with Crippen LogP contribution in [0.1, 0.15) is 72.1 Å². The number of allylic oxidation sites excluding steroid dienone is 1. The lowest BCUT2D eigenvalue weighted by Gasteiger charge is -2.59. The van der Waals surface area contributed by atoms with E-state index in [9.17, 15) is 15.0 Å². The van der Waals surface area contributed by atoms with Gasteiger partial charge in [0.1, 0.15) is 0 Å². The normalized spacial score (nSPS) is 52.1. The lowest BCUT2D eigenvalue weighted by Crippen LogP contribution is -2.58. The average Bonchev–Trinajstić information content (AvgIpc) is 2.81. The van der Waals surface area contributed by atoms with E-state index in [1.807, 2.05) is 6.08 Å². The van der Waals surface area contributed by atoms with Gasteiger partial charge in [-0.1, -0.05) is 19.4 Å². The summed E-state index contributed by atoms with van der Waals surface area (Å²) < 4.78 is 0. The van der Waals surface area contributed by atoms with Gasteiger partial charge in [-0.25, -0.2) is 0 Å². The molecule has 24 heavy (non-hydrogen) atoms. The molecular formula is C21H32O3. The van der Waals surface area contributed by atoms with E-state index in [0.717, 1.165) is 44.9 Å². The van der Waals surface area contributed by atoms with Crippen LogP contribution in [0.25, 0.3) is 0 Å². The molecule has 0 amide bonds. The maximum absolute atomic E-state index is 11.9. The van der Waals surface area contributed by atoms with Gasteiger partial charge in [-0.2, -0.15) is 0 Å². The number of aliphatic hydroxyl groups is 2. The highest BCUT2D eigenvalue weighted by Gasteiger charge is 2.65. The average molecular weight is 332 g/mol. The second-order valence-corrected chi connectivity index (χ2v) is 9.56. The molecule has 4 aliphatic rings. The second kappa shape index (κ2) is 5.17. The van der Waals surface area contributed by atoms with Gasteiger partial charge >= 0.3 is 0 Å². The summed E-state index contributed by atoms with van der Waals surface area (Å²) in [4.78, 5) is 11.9. The summed E-state index contributed by atoms with van der Waals surface area (Å²) in [5.74, 6) is 2.09. The lowest BCUT2D eigenvalue weighted by atomic mass is 9.46. The van der Waals surface area contributed by atoms with E-state index in [1.54, 1.807) is 6.92 Å². The van der Waals surface area contributed by atoms with Gasteiger partial charge < -0.3 is 10.2 Å². The van der Waals surface area contributed by atoms with Crippen LogP contribution >= 0.6 is 0 Å². The SMILES string of the molecule is C[C@H](O)[C@]1(O)CC[C@H]2[C@@H]3CCC4=CC(=O)CC[C@]4(C)[C@H]3CC[C@@]21C. The molecule has 3 heteroatoms. The third-order valence-electron chi connectivity index (χ3n) is 8.87. The lowest BCUT2D eigenvalue weighted by molar-refractivity contribution is -0.171. The van der Waals surface area contributed by atoms with Gasteiger partial charge in [-0.3, -0.25) is 4.79 Å². The van der Waals surface area contributed by atoms with Crippen LogP contribution in [0.15, 0.2) is 11.6 Å². The topological polar surface area (TPSA) is 57.5 Å². The van der Waals surface area contributed by atoms with Crippen molar-refractivity contribution in [2.75, 3.05) is 0 Å². The quantitative estimate of drug-likeness (QED) is 0.771. The van der Waals surface area contributed by atoms with Crippen molar-refractivity contribution in [3.05, 3.63) is 11.6 Å². The minimum atomic E-state index is -0.928. The molecule has 0 saturated heterocycles. The summed E-state index contributed by atoms with van der Waals surface area (Å²) in [5.41, 5.74) is 0.489. The van der Waals surface area contributed by atoms with Crippen LogP contribution in [0.3, 0.4) is 0 Å². The van der Waals surface area contributed by atoms with E-state index in [2.05, 4.69) is 13.8 Å². The van der Waals surface area contributed by atoms with Crippen molar-refractivity contribution in [3.63, 3.8) is 0 Å². The Morgan fingerprint density at radius 1 is 1.08 bits per heavy atom. The highest BCUT2D eigenvalue weighted by atomic mass is 16.3. The number of aliphatic hydroxyl groups excluding tert-OH is 1. The predicted molar refractivity (Wildman–Crippen MR) is 93.3 cm³/mol. The Morgan fingerprint density at radius 2 is 1.79 bits per heavy atom. The first-order valence-corrected chi connectivity index (χ1v) is 9.87. The number of hydrogen-bond acceptors (Lipinski definition) is 3. The van der Waals surface area contributed by atoms with E-state index in [1.165, 1.54) is 5.57 Å². The van der Waals surface area contributed by atoms with Crippen molar-refractivity contribution in [3.8, 4) is 0 Å². The third kappa shape index (κ3) is 1.94. The van der Waals surface area contributed by atoms with Crippen molar-refractivity contribution in [2.45, 2.75) is 83.8 Å². The van der Waals surface area contributed by atoms with Gasteiger partial charge in [0.2, 0.25) is 0 Å². The molecule has 4 aliphatic carbocycles. The van der Waals surface area contributed by atoms with Gasteiger partial charge in [0, 0.05) is 11.8 Å². The molecule has 3 nitrogen and oxygen atoms in total. The molecule has 3 fully saturated rings. The summed E-state index contributed by atoms with van der Waals surface area (Å²) in [6.07, 6.45) is 9.07. The summed E-state index contributed by atoms with van der Waals surface area (Å²) in [5, 5.41) is 21.5. The zero-order valence-corrected chi connectivity index (χ0v) is 15.3. The number of carbonyl (C=O) groups excluding carboxylic acids is 1. The molecule has 0 bridgehead atoms. The Kier molecular flexibility index (Phi) is 3.61. The summed E-state index contributed by atoms with van der Waals surface area (Å²) in [6, 6.07) is 0. The van der Waals surface area contributed by atoms with Crippen LogP contribution in [-0.2, 0) is 4.79 Å². The minimum absolute atomic E-state index is 0.162. The van der Waals surface area contributed by atoms with Gasteiger partial charge in [-0.05, 0) is 81.1 Å². The Bertz CT molecular complexity index is 594. The maximum atomic E-state index is 11.9. The molecule has 0 aromatic rings. The predicted octanol–water partition coefficient (Wildman–Crippen LogP) is 3.63. The maximum Gasteiger partial charge on any atom is 0.155 e. The molecule has 0 heterocycles. The fourth-order valence-electron chi connectivity index (χ4n) is 7.30. The van der Waals surface area contributed by atoms with Gasteiger partial charge in [0.15, 0.2) is 5.78 Å². The first kappa shape index (κ1) is 16.8. The minimum Gasteiger partial charge on any atom is -0.390 e. The van der Waals surface area contributed by atoms with E-state index >= 15 is 0 Å². The van der Waals surface area contributed by atoms with Crippen molar-refractivity contribution in [2.24, 2.45) is 28.6 Å². The number of hydrogen-bond donors (Lipinski definition) is 2. The van der Waals surface area contributed by atoms with Crippen LogP contribution < -0.4 is 0 Å². The molecule has 0 unspecified atom stereocenters. The summed E-state index contributed by atoms with van der Waals surface area (Å²) in [6.45, 7) is 6.38. The fraction of sp³-hybridized carbons (Fsp3) is 0.857. The monoisotopic (exact) mass is 332 g/mol. The van der Waals surface area contributed by atoms with Crippen LogP contribution in [0.5, 0.6) is 0 Å². The molecule has 7 atom stereocenters. The number of rotatable bonds is 1. The van der Waals surface area contributed by atoms with Gasteiger partial charge in [-0.15, -0.1) is 0 Å². The van der Waals surface area contributed by atoms with E-state index in [0.29, 0.717) is 30.0 Å². The number of fused-ring (bicyclic) bond motifs is 5. The molecule has 3 saturated carbocycles. The molecule has 0 radical (unpaired) electrons. The smallest absolute Gasteiger partial charge is 0.155 e. The number of ketones is 1. The van der Waals surface area contributed by atoms with E-state index in [4.69, 9.17) is 0 Å². The molecule has 0 aromatic heterocycles. The van der Waals surface area contributed by atoms with E-state index in [-0.39, 0.29) is 10.8 Å². The largest absolute Gasteiger partial charge is 0.390 e. The third-order valence-corrected chi connectivity index (χ3v) is 8.87. The zero-order chi connectivity index (χ0) is 17.3. The first-order valence-electron chi connectivity index (χ1n) is 9.87. The Hall–Kier alpha value is -0.670. The van der Waals surface area contributed by atoms with Gasteiger partial charge in [0.25, 0.3) is 0 Å². The highest BCUT2D eigenvalue weighted by molar-refractivity contribution is 5.91. The second-order valence-electron chi connectivity index (χ2n) is 9.56. The molecule has 4 rings (SSSR count). The summed E-state index contributed by atoms with van der Waals surface area (Å²) >= 11 is 0. The van der Waals surface area contributed by atoms with Crippen molar-refractivity contribution >= 4 is 5.78 Å². The Morgan fingerprint density at radius 3 is 2.50 bits per heavy atom. The highest BCUT2D eigenvalue weighted by Crippen LogP contribution is 2.67. The molecule has 2 N–H and O–H groups in total. The Balaban J connectivity index is 1.69. The molecule has 134 valence electrons. The van der Waals surface area contributed by atoms with Crippen LogP contribution in [0.2, 0.25) is 0 Å². The van der Waals surface area contributed by atoms with Crippen LogP contribution in [0.4, 0.5) is 0 Å². The number of carbonyl (C=O) groups is 1. The van der Waals surface area contributed by atoms with Crippen molar-refractivity contribution < 1.29 is 15.0 Å². The van der Waals surface area contributed by atoms with E-state index < -0.39 is 11.7 Å². The summed E-state index contributed by atoms with van der Waals surface area (Å²) in [7, 11) is 0. The van der Waals surface area contributed by atoms with Gasteiger partial charge in [0.05, 0.1) is 11.7 Å². The Labute approximate surface area is 145 Å².